The summed E-state index contributed by atoms with van der Waals surface area (Å²) >= 11 is 3.82. The van der Waals surface area contributed by atoms with E-state index in [-0.39, 0.29) is 20.1 Å². The Morgan fingerprint density at radius 2 is 0.630 bits per heavy atom. The minimum absolute atomic E-state index is 0.108. The van der Waals surface area contributed by atoms with Crippen molar-refractivity contribution in [1.82, 2.24) is 0 Å². The number of ether oxygens (including phenoxy) is 2. The van der Waals surface area contributed by atoms with Gasteiger partial charge in [-0.15, -0.1) is 22.7 Å². The lowest BCUT2D eigenvalue weighted by Gasteiger charge is -2.48. The zero-order chi connectivity index (χ0) is 52.6. The summed E-state index contributed by atoms with van der Waals surface area (Å²) in [5.41, 5.74) is 21.5. The van der Waals surface area contributed by atoms with Crippen LogP contribution in [-0.4, -0.2) is 20.1 Å². The summed E-state index contributed by atoms with van der Waals surface area (Å²) < 4.78 is 20.8. The Kier molecular flexibility index (Phi) is 8.98. The van der Waals surface area contributed by atoms with E-state index in [1.165, 1.54) is 68.4 Å². The van der Waals surface area contributed by atoms with Gasteiger partial charge in [0, 0.05) is 86.6 Å². The molecule has 6 nitrogen and oxygen atoms in total. The zero-order valence-corrected chi connectivity index (χ0v) is 45.0. The van der Waals surface area contributed by atoms with E-state index in [1.54, 1.807) is 0 Å². The molecule has 0 spiro atoms. The Bertz CT molecular complexity index is 4540. The Morgan fingerprint density at radius 1 is 0.284 bits per heavy atom. The molecule has 0 N–H and O–H groups in total. The van der Waals surface area contributed by atoms with Gasteiger partial charge in [0.15, 0.2) is 0 Å². The third-order valence-electron chi connectivity index (χ3n) is 17.7. The van der Waals surface area contributed by atoms with Gasteiger partial charge in [0.25, 0.3) is 20.1 Å². The van der Waals surface area contributed by atoms with Crippen molar-refractivity contribution >= 4 is 179 Å². The van der Waals surface area contributed by atoms with Crippen molar-refractivity contribution in [3.63, 3.8) is 0 Å². The van der Waals surface area contributed by atoms with Gasteiger partial charge < -0.3 is 29.1 Å². The maximum atomic E-state index is 7.84. The Balaban J connectivity index is 0.990. The van der Waals surface area contributed by atoms with Gasteiger partial charge in [-0.25, -0.2) is 0 Å². The molecule has 19 rings (SSSR count). The van der Waals surface area contributed by atoms with E-state index >= 15 is 0 Å². The van der Waals surface area contributed by atoms with Crippen LogP contribution in [0.4, 0.5) is 68.2 Å². The van der Waals surface area contributed by atoms with Crippen molar-refractivity contribution in [1.29, 1.82) is 0 Å². The van der Waals surface area contributed by atoms with Crippen molar-refractivity contribution < 1.29 is 9.47 Å². The van der Waals surface area contributed by atoms with E-state index in [0.717, 1.165) is 90.8 Å². The van der Waals surface area contributed by atoms with Crippen molar-refractivity contribution in [2.45, 2.75) is 0 Å². The summed E-state index contributed by atoms with van der Waals surface area (Å²) in [6.45, 7) is -0.575. The zero-order valence-electron chi connectivity index (χ0n) is 43.3. The highest BCUT2D eigenvalue weighted by Gasteiger charge is 2.55. The Morgan fingerprint density at radius 3 is 1.06 bits per heavy atom. The molecule has 2 aromatic heterocycles. The maximum absolute atomic E-state index is 7.84. The van der Waals surface area contributed by atoms with Gasteiger partial charge in [-0.05, 0) is 135 Å². The molecule has 0 fully saturated rings. The molecule has 13 aromatic rings. The molecule has 8 heterocycles. The number of benzene rings is 11. The highest BCUT2D eigenvalue weighted by Crippen LogP contribution is 2.54. The molecule has 6 aliphatic heterocycles. The van der Waals surface area contributed by atoms with Gasteiger partial charge in [0.2, 0.25) is 0 Å². The first kappa shape index (κ1) is 44.2. The van der Waals surface area contributed by atoms with Gasteiger partial charge in [0.1, 0.15) is 23.0 Å². The lowest BCUT2D eigenvalue weighted by atomic mass is 9.29. The fraction of sp³-hybridized carbons (Fsp3) is 0. The first-order valence-electron chi connectivity index (χ1n) is 27.8. The molecule has 81 heavy (non-hydrogen) atoms. The van der Waals surface area contributed by atoms with E-state index in [9.17, 15) is 0 Å². The fourth-order valence-corrected chi connectivity index (χ4v) is 17.3. The lowest BCUT2D eigenvalue weighted by Crippen LogP contribution is -2.67. The molecule has 6 aliphatic rings. The molecular weight excluding hydrogens is 1030 g/mol. The quantitative estimate of drug-likeness (QED) is 0.163. The number of anilines is 12. The fourth-order valence-electron chi connectivity index (χ4n) is 14.6. The van der Waals surface area contributed by atoms with E-state index in [2.05, 4.69) is 268 Å². The monoisotopic (exact) mass is 1070 g/mol. The second-order valence-electron chi connectivity index (χ2n) is 21.7. The summed E-state index contributed by atoms with van der Waals surface area (Å²) in [4.78, 5) is 10.1. The largest absolute Gasteiger partial charge is 0.459 e. The standard InChI is InChI=1S/C70H41B3N4O2S2/c1-5-22-42(23-6-1)74-50-34-21-35-51-60(50)73(63-52(74)40-54-61-67(63)78-56-36-17-15-32-48(56)71(61)69-65(46-30-13-19-38-58(46)80-69)76(54)44-26-9-3-10-27-44)64-53(75(51)43-24-7-2-8-25-43)41-55-62-68(64)79-57-37-18-16-33-49(57)72(62)70-66(47-31-14-20-39-59(47)81-70)77(55)45-28-11-4-12-29-45/h1-41H. The minimum Gasteiger partial charge on any atom is -0.459 e. The van der Waals surface area contributed by atoms with E-state index < -0.39 is 0 Å². The van der Waals surface area contributed by atoms with Crippen LogP contribution in [0.15, 0.2) is 249 Å². The highest BCUT2D eigenvalue weighted by atomic mass is 32.1. The summed E-state index contributed by atoms with van der Waals surface area (Å²) in [6.07, 6.45) is 0. The topological polar surface area (TPSA) is 31.4 Å². The molecule has 0 radical (unpaired) electrons. The van der Waals surface area contributed by atoms with Crippen LogP contribution in [0.3, 0.4) is 0 Å². The average Bonchev–Trinajstić information content (AvgIpc) is 4.34. The number of hydrogen-bond acceptors (Lipinski definition) is 8. The minimum atomic E-state index is -0.360. The van der Waals surface area contributed by atoms with E-state index in [4.69, 9.17) is 9.47 Å². The van der Waals surface area contributed by atoms with Crippen molar-refractivity contribution in [3.8, 4) is 23.0 Å². The smallest absolute Gasteiger partial charge is 0.268 e. The van der Waals surface area contributed by atoms with Crippen LogP contribution < -0.4 is 76.9 Å². The van der Waals surface area contributed by atoms with Gasteiger partial charge >= 0.3 is 0 Å². The van der Waals surface area contributed by atoms with Gasteiger partial charge in [-0.2, -0.15) is 0 Å². The number of nitrogens with zero attached hydrogens (tertiary/aromatic N) is 4. The van der Waals surface area contributed by atoms with Gasteiger partial charge in [0.05, 0.1) is 11.4 Å². The molecule has 374 valence electrons. The van der Waals surface area contributed by atoms with Crippen LogP contribution in [0.2, 0.25) is 0 Å². The van der Waals surface area contributed by atoms with Crippen LogP contribution >= 0.6 is 22.7 Å². The van der Waals surface area contributed by atoms with Crippen LogP contribution in [-0.2, 0) is 0 Å². The van der Waals surface area contributed by atoms with Crippen molar-refractivity contribution in [3.05, 3.63) is 249 Å². The molecule has 0 unspecified atom stereocenters. The van der Waals surface area contributed by atoms with Crippen LogP contribution in [0.5, 0.6) is 23.0 Å². The molecule has 0 amide bonds. The maximum Gasteiger partial charge on any atom is 0.268 e. The predicted octanol–water partition coefficient (Wildman–Crippen LogP) is 13.0. The Labute approximate surface area is 476 Å². The van der Waals surface area contributed by atoms with Crippen LogP contribution in [0.25, 0.3) is 20.2 Å². The van der Waals surface area contributed by atoms with Gasteiger partial charge in [-0.1, -0.05) is 152 Å². The van der Waals surface area contributed by atoms with Crippen LogP contribution in [0.1, 0.15) is 0 Å². The number of rotatable bonds is 4. The van der Waals surface area contributed by atoms with Crippen molar-refractivity contribution in [2.24, 2.45) is 0 Å². The van der Waals surface area contributed by atoms with E-state index in [0.29, 0.717) is 0 Å². The third-order valence-corrected chi connectivity index (χ3v) is 20.1. The summed E-state index contributed by atoms with van der Waals surface area (Å²) in [5.74, 6) is 3.56. The summed E-state index contributed by atoms with van der Waals surface area (Å²) in [7, 11) is 0. The second kappa shape index (κ2) is 16.5. The van der Waals surface area contributed by atoms with Gasteiger partial charge in [-0.3, -0.25) is 0 Å². The Hall–Kier alpha value is -9.67. The first-order chi connectivity index (χ1) is 40.2. The molecule has 11 aromatic carbocycles. The average molecular weight is 1070 g/mol. The molecule has 0 atom stereocenters. The molecule has 0 saturated heterocycles. The summed E-state index contributed by atoms with van der Waals surface area (Å²) in [5, 5.41) is 2.49. The number of para-hydroxylation sites is 6. The van der Waals surface area contributed by atoms with Crippen LogP contribution in [0, 0.1) is 0 Å². The SMILES string of the molecule is c1ccc(N2c3cccc4c3B(c3c2cc2c5c3Oc3ccccc3B5c3sc5ccccc5c3N2c2ccccc2)c2c(cc3c5c2Oc2ccccc2B5c2sc5ccccc5c2N3c2ccccc2)N4c2ccccc2)cc1. The molecule has 11 heteroatoms. The number of fused-ring (bicyclic) bond motifs is 18. The number of thiophene rings is 2. The predicted molar refractivity (Wildman–Crippen MR) is 343 cm³/mol. The lowest BCUT2D eigenvalue weighted by molar-refractivity contribution is 0.490. The molecule has 0 aliphatic carbocycles. The summed E-state index contributed by atoms with van der Waals surface area (Å²) in [6, 6.07) is 91.2. The second-order valence-corrected chi connectivity index (χ2v) is 23.9. The normalized spacial score (nSPS) is 14.2. The third kappa shape index (κ3) is 5.88. The first-order valence-corrected chi connectivity index (χ1v) is 29.4. The molecular formula is C70H41B3N4O2S2. The highest BCUT2D eigenvalue weighted by molar-refractivity contribution is 7.34. The molecule has 0 bridgehead atoms. The van der Waals surface area contributed by atoms with Crippen molar-refractivity contribution in [2.75, 3.05) is 19.6 Å². The number of hydrogen-bond donors (Lipinski definition) is 0. The molecule has 0 saturated carbocycles. The van der Waals surface area contributed by atoms with E-state index in [1.807, 2.05) is 22.7 Å².